The van der Waals surface area contributed by atoms with E-state index in [1.807, 2.05) is 6.33 Å². The van der Waals surface area contributed by atoms with E-state index in [4.69, 9.17) is 0 Å². The summed E-state index contributed by atoms with van der Waals surface area (Å²) in [6.07, 6.45) is 8.43. The average molecular weight is 250 g/mol. The van der Waals surface area contributed by atoms with Crippen LogP contribution in [0.5, 0.6) is 0 Å². The third-order valence-corrected chi connectivity index (χ3v) is 4.11. The van der Waals surface area contributed by atoms with Crippen molar-refractivity contribution in [2.24, 2.45) is 11.8 Å². The smallest absolute Gasteiger partial charge is 0.132 e. The molecule has 1 heterocycles. The predicted octanol–water partition coefficient (Wildman–Crippen LogP) is 2.26. The van der Waals surface area contributed by atoms with Crippen molar-refractivity contribution in [2.75, 3.05) is 13.1 Å². The summed E-state index contributed by atoms with van der Waals surface area (Å²) in [6, 6.07) is 0. The fourth-order valence-corrected chi connectivity index (χ4v) is 2.78. The van der Waals surface area contributed by atoms with Crippen LogP contribution >= 0.6 is 0 Å². The van der Waals surface area contributed by atoms with Crippen LogP contribution in [0, 0.1) is 11.8 Å². The van der Waals surface area contributed by atoms with Crippen LogP contribution in [0.1, 0.15) is 45.4 Å². The number of nitrogens with one attached hydrogen (secondary N) is 1. The van der Waals surface area contributed by atoms with Crippen molar-refractivity contribution >= 4 is 0 Å². The van der Waals surface area contributed by atoms with Crippen molar-refractivity contribution in [2.45, 2.75) is 52.5 Å². The standard InChI is InChI=1S/C14H26N4/c1-3-14-17-16-11-18(14)9-8-15-10-13-6-4-12(2)5-7-13/h11-13,15H,3-10H2,1-2H3. The minimum atomic E-state index is 0.896. The van der Waals surface area contributed by atoms with Crippen LogP contribution in [0.25, 0.3) is 0 Å². The van der Waals surface area contributed by atoms with E-state index in [1.54, 1.807) is 0 Å². The van der Waals surface area contributed by atoms with Gasteiger partial charge in [-0.25, -0.2) is 0 Å². The van der Waals surface area contributed by atoms with E-state index in [2.05, 4.69) is 33.9 Å². The molecule has 1 aromatic rings. The van der Waals surface area contributed by atoms with Gasteiger partial charge in [-0.05, 0) is 31.2 Å². The lowest BCUT2D eigenvalue weighted by Crippen LogP contribution is -2.28. The zero-order valence-corrected chi connectivity index (χ0v) is 11.7. The lowest BCUT2D eigenvalue weighted by molar-refractivity contribution is 0.281. The first kappa shape index (κ1) is 13.5. The maximum Gasteiger partial charge on any atom is 0.132 e. The van der Waals surface area contributed by atoms with E-state index < -0.39 is 0 Å². The lowest BCUT2D eigenvalue weighted by atomic mass is 9.83. The Morgan fingerprint density at radius 2 is 2.11 bits per heavy atom. The zero-order valence-electron chi connectivity index (χ0n) is 11.7. The molecule has 0 amide bonds. The molecule has 1 fully saturated rings. The Bertz CT molecular complexity index is 339. The first-order chi connectivity index (χ1) is 8.79. The van der Waals surface area contributed by atoms with Gasteiger partial charge < -0.3 is 9.88 Å². The predicted molar refractivity (Wildman–Crippen MR) is 73.4 cm³/mol. The van der Waals surface area contributed by atoms with Crippen LogP contribution in [-0.2, 0) is 13.0 Å². The Morgan fingerprint density at radius 3 is 2.83 bits per heavy atom. The molecule has 0 aromatic carbocycles. The van der Waals surface area contributed by atoms with Gasteiger partial charge >= 0.3 is 0 Å². The molecular weight excluding hydrogens is 224 g/mol. The number of aryl methyl sites for hydroxylation is 1. The molecule has 1 N–H and O–H groups in total. The largest absolute Gasteiger partial charge is 0.316 e. The van der Waals surface area contributed by atoms with Gasteiger partial charge in [0.25, 0.3) is 0 Å². The number of hydrogen-bond acceptors (Lipinski definition) is 3. The maximum atomic E-state index is 4.10. The molecule has 0 unspecified atom stereocenters. The van der Waals surface area contributed by atoms with Crippen LogP contribution in [-0.4, -0.2) is 27.9 Å². The van der Waals surface area contributed by atoms with Crippen LogP contribution in [0.15, 0.2) is 6.33 Å². The molecule has 1 aliphatic carbocycles. The summed E-state index contributed by atoms with van der Waals surface area (Å²) in [5.41, 5.74) is 0. The third kappa shape index (κ3) is 3.80. The van der Waals surface area contributed by atoms with E-state index in [1.165, 1.54) is 32.2 Å². The molecule has 102 valence electrons. The van der Waals surface area contributed by atoms with Crippen molar-refractivity contribution in [3.63, 3.8) is 0 Å². The molecule has 0 spiro atoms. The summed E-state index contributed by atoms with van der Waals surface area (Å²) in [5.74, 6) is 2.93. The van der Waals surface area contributed by atoms with Gasteiger partial charge in [0.1, 0.15) is 12.2 Å². The summed E-state index contributed by atoms with van der Waals surface area (Å²) in [6.45, 7) is 7.69. The van der Waals surface area contributed by atoms with Gasteiger partial charge in [-0.3, -0.25) is 0 Å². The monoisotopic (exact) mass is 250 g/mol. The minimum Gasteiger partial charge on any atom is -0.316 e. The second-order valence-corrected chi connectivity index (χ2v) is 5.62. The van der Waals surface area contributed by atoms with E-state index in [0.29, 0.717) is 0 Å². The van der Waals surface area contributed by atoms with Crippen molar-refractivity contribution in [1.29, 1.82) is 0 Å². The van der Waals surface area contributed by atoms with Crippen molar-refractivity contribution in [3.8, 4) is 0 Å². The van der Waals surface area contributed by atoms with Crippen LogP contribution in [0.4, 0.5) is 0 Å². The van der Waals surface area contributed by atoms with Crippen molar-refractivity contribution in [3.05, 3.63) is 12.2 Å². The molecule has 0 saturated heterocycles. The van der Waals surface area contributed by atoms with Gasteiger partial charge in [-0.1, -0.05) is 26.7 Å². The normalized spacial score (nSPS) is 24.3. The van der Waals surface area contributed by atoms with Gasteiger partial charge in [0.2, 0.25) is 0 Å². The summed E-state index contributed by atoms with van der Waals surface area (Å²) in [4.78, 5) is 0. The van der Waals surface area contributed by atoms with Gasteiger partial charge in [0.05, 0.1) is 0 Å². The van der Waals surface area contributed by atoms with Crippen LogP contribution < -0.4 is 5.32 Å². The number of aromatic nitrogens is 3. The van der Waals surface area contributed by atoms with E-state index >= 15 is 0 Å². The van der Waals surface area contributed by atoms with Crippen molar-refractivity contribution in [1.82, 2.24) is 20.1 Å². The average Bonchev–Trinajstić information content (AvgIpc) is 2.84. The SMILES string of the molecule is CCc1nncn1CCNCC1CCC(C)CC1. The zero-order chi connectivity index (χ0) is 12.8. The molecule has 4 heteroatoms. The molecule has 2 rings (SSSR count). The molecule has 1 aliphatic rings. The molecule has 4 nitrogen and oxygen atoms in total. The second-order valence-electron chi connectivity index (χ2n) is 5.62. The first-order valence-corrected chi connectivity index (χ1v) is 7.37. The molecule has 0 aliphatic heterocycles. The summed E-state index contributed by atoms with van der Waals surface area (Å²) in [5, 5.41) is 11.6. The van der Waals surface area contributed by atoms with E-state index in [9.17, 15) is 0 Å². The fraction of sp³-hybridized carbons (Fsp3) is 0.857. The summed E-state index contributed by atoms with van der Waals surface area (Å²) < 4.78 is 2.15. The quantitative estimate of drug-likeness (QED) is 0.788. The second kappa shape index (κ2) is 6.88. The molecule has 1 aromatic heterocycles. The number of rotatable bonds is 6. The fourth-order valence-electron chi connectivity index (χ4n) is 2.78. The Morgan fingerprint density at radius 1 is 1.33 bits per heavy atom. The Balaban J connectivity index is 1.61. The van der Waals surface area contributed by atoms with E-state index in [-0.39, 0.29) is 0 Å². The summed E-state index contributed by atoms with van der Waals surface area (Å²) in [7, 11) is 0. The Kier molecular flexibility index (Phi) is 5.17. The van der Waals surface area contributed by atoms with Crippen molar-refractivity contribution < 1.29 is 0 Å². The highest BCUT2D eigenvalue weighted by Gasteiger charge is 2.17. The topological polar surface area (TPSA) is 42.7 Å². The first-order valence-electron chi connectivity index (χ1n) is 7.37. The Hall–Kier alpha value is -0.900. The molecular formula is C14H26N4. The molecule has 0 bridgehead atoms. The third-order valence-electron chi connectivity index (χ3n) is 4.11. The molecule has 18 heavy (non-hydrogen) atoms. The van der Waals surface area contributed by atoms with Crippen LogP contribution in [0.2, 0.25) is 0 Å². The van der Waals surface area contributed by atoms with Gasteiger partial charge in [-0.15, -0.1) is 10.2 Å². The van der Waals surface area contributed by atoms with Crippen LogP contribution in [0.3, 0.4) is 0 Å². The lowest BCUT2D eigenvalue weighted by Gasteiger charge is -2.26. The van der Waals surface area contributed by atoms with Gasteiger partial charge in [-0.2, -0.15) is 0 Å². The molecule has 0 radical (unpaired) electrons. The minimum absolute atomic E-state index is 0.896. The highest BCUT2D eigenvalue weighted by Crippen LogP contribution is 2.27. The van der Waals surface area contributed by atoms with Gasteiger partial charge in [0.15, 0.2) is 0 Å². The number of hydrogen-bond donors (Lipinski definition) is 1. The molecule has 1 saturated carbocycles. The Labute approximate surface area is 110 Å². The molecule has 0 atom stereocenters. The van der Waals surface area contributed by atoms with Gasteiger partial charge in [0, 0.05) is 19.5 Å². The maximum absolute atomic E-state index is 4.10. The summed E-state index contributed by atoms with van der Waals surface area (Å²) >= 11 is 0. The number of nitrogens with zero attached hydrogens (tertiary/aromatic N) is 3. The highest BCUT2D eigenvalue weighted by atomic mass is 15.3. The highest BCUT2D eigenvalue weighted by molar-refractivity contribution is 4.84. The van der Waals surface area contributed by atoms with E-state index in [0.717, 1.165) is 37.2 Å².